The monoisotopic (exact) mass is 433 g/mol. The molecule has 1 N–H and O–H groups in total. The molecule has 1 aromatic heterocycles. The van der Waals surface area contributed by atoms with E-state index in [1.807, 2.05) is 30.3 Å². The van der Waals surface area contributed by atoms with Crippen molar-refractivity contribution in [3.63, 3.8) is 0 Å². The third-order valence-corrected chi connectivity index (χ3v) is 5.68. The van der Waals surface area contributed by atoms with Crippen LogP contribution in [0.25, 0.3) is 11.5 Å². The molecule has 0 aliphatic heterocycles. The number of hydrogen-bond acceptors (Lipinski definition) is 7. The summed E-state index contributed by atoms with van der Waals surface area (Å²) in [5.41, 5.74) is 1.45. The minimum Gasteiger partial charge on any atom is -0.497 e. The van der Waals surface area contributed by atoms with Gasteiger partial charge >= 0.3 is 0 Å². The van der Waals surface area contributed by atoms with Crippen molar-refractivity contribution in [3.8, 4) is 17.2 Å². The second kappa shape index (κ2) is 10.9. The van der Waals surface area contributed by atoms with E-state index in [1.165, 1.54) is 17.8 Å². The van der Waals surface area contributed by atoms with E-state index >= 15 is 0 Å². The van der Waals surface area contributed by atoms with E-state index in [0.29, 0.717) is 34.7 Å². The number of amides is 1. The largest absolute Gasteiger partial charge is 0.497 e. The number of halogens is 1. The second-order valence-electron chi connectivity index (χ2n) is 5.88. The van der Waals surface area contributed by atoms with Crippen molar-refractivity contribution in [3.05, 3.63) is 59.9 Å². The quantitative estimate of drug-likeness (QED) is 0.382. The molecule has 29 heavy (non-hydrogen) atoms. The Morgan fingerprint density at radius 2 is 1.97 bits per heavy atom. The number of methoxy groups -OCH3 is 1. The molecule has 152 valence electrons. The van der Waals surface area contributed by atoms with Gasteiger partial charge < -0.3 is 14.5 Å². The molecular weight excluding hydrogens is 413 g/mol. The molecular formula is C20H20FN3O3S2. The van der Waals surface area contributed by atoms with Crippen molar-refractivity contribution in [2.45, 2.75) is 11.0 Å². The van der Waals surface area contributed by atoms with Gasteiger partial charge in [-0.3, -0.25) is 4.79 Å². The summed E-state index contributed by atoms with van der Waals surface area (Å²) in [6.45, 7) is 0.513. The predicted octanol–water partition coefficient (Wildman–Crippen LogP) is 4.03. The van der Waals surface area contributed by atoms with Crippen molar-refractivity contribution in [1.29, 1.82) is 0 Å². The van der Waals surface area contributed by atoms with Crippen LogP contribution in [0.3, 0.4) is 0 Å². The molecule has 0 radical (unpaired) electrons. The van der Waals surface area contributed by atoms with E-state index in [9.17, 15) is 9.18 Å². The first-order chi connectivity index (χ1) is 14.2. The molecule has 0 unspecified atom stereocenters. The van der Waals surface area contributed by atoms with Crippen LogP contribution in [-0.2, 0) is 10.5 Å². The minimum atomic E-state index is -0.200. The molecule has 1 amide bonds. The van der Waals surface area contributed by atoms with Gasteiger partial charge in [0.2, 0.25) is 11.8 Å². The van der Waals surface area contributed by atoms with Gasteiger partial charge in [0.1, 0.15) is 11.6 Å². The average Bonchev–Trinajstić information content (AvgIpc) is 3.22. The van der Waals surface area contributed by atoms with Crippen LogP contribution in [0.2, 0.25) is 0 Å². The highest BCUT2D eigenvalue weighted by molar-refractivity contribution is 7.99. The Balaban J connectivity index is 1.35. The molecule has 0 saturated heterocycles. The van der Waals surface area contributed by atoms with E-state index in [0.717, 1.165) is 11.3 Å². The molecule has 6 nitrogen and oxygen atoms in total. The third-order valence-electron chi connectivity index (χ3n) is 3.85. The Morgan fingerprint density at radius 1 is 1.17 bits per heavy atom. The molecule has 3 rings (SSSR count). The van der Waals surface area contributed by atoms with E-state index < -0.39 is 0 Å². The van der Waals surface area contributed by atoms with E-state index in [1.54, 1.807) is 31.0 Å². The first-order valence-electron chi connectivity index (χ1n) is 8.84. The summed E-state index contributed by atoms with van der Waals surface area (Å²) in [5, 5.41) is 11.1. The van der Waals surface area contributed by atoms with Gasteiger partial charge in [-0.1, -0.05) is 30.0 Å². The Kier molecular flexibility index (Phi) is 7.94. The molecule has 1 heterocycles. The Bertz CT molecular complexity index is 935. The maximum absolute atomic E-state index is 13.5. The average molecular weight is 434 g/mol. The van der Waals surface area contributed by atoms with Crippen molar-refractivity contribution >= 4 is 29.4 Å². The normalized spacial score (nSPS) is 10.7. The lowest BCUT2D eigenvalue weighted by Gasteiger charge is -2.05. The smallest absolute Gasteiger partial charge is 0.277 e. The number of carbonyl (C=O) groups is 1. The zero-order valence-electron chi connectivity index (χ0n) is 15.8. The molecule has 2 aromatic carbocycles. The Morgan fingerprint density at radius 3 is 2.72 bits per heavy atom. The van der Waals surface area contributed by atoms with Crippen LogP contribution in [0.5, 0.6) is 5.75 Å². The van der Waals surface area contributed by atoms with Crippen LogP contribution < -0.4 is 10.1 Å². The van der Waals surface area contributed by atoms with Crippen LogP contribution in [0.1, 0.15) is 5.56 Å². The lowest BCUT2D eigenvalue weighted by Crippen LogP contribution is -2.27. The SMILES string of the molecule is COc1ccc(-c2nnc(SCC(=O)NCCSCc3ccccc3F)o2)cc1. The number of rotatable bonds is 10. The fraction of sp³-hybridized carbons (Fsp3) is 0.250. The van der Waals surface area contributed by atoms with Gasteiger partial charge in [-0.25, -0.2) is 4.39 Å². The molecule has 0 aliphatic carbocycles. The van der Waals surface area contributed by atoms with E-state index in [-0.39, 0.29) is 17.5 Å². The molecule has 0 saturated carbocycles. The maximum Gasteiger partial charge on any atom is 0.277 e. The minimum absolute atomic E-state index is 0.120. The Labute approximate surface area is 176 Å². The molecule has 0 aliphatic rings. The predicted molar refractivity (Wildman–Crippen MR) is 113 cm³/mol. The number of benzene rings is 2. The third kappa shape index (κ3) is 6.50. The number of nitrogens with zero attached hydrogens (tertiary/aromatic N) is 2. The lowest BCUT2D eigenvalue weighted by molar-refractivity contribution is -0.118. The molecule has 0 fully saturated rings. The van der Waals surface area contributed by atoms with Gasteiger partial charge in [0, 0.05) is 23.6 Å². The number of aromatic nitrogens is 2. The van der Waals surface area contributed by atoms with Gasteiger partial charge in [-0.15, -0.1) is 10.2 Å². The van der Waals surface area contributed by atoms with Crippen molar-refractivity contribution in [2.75, 3.05) is 25.2 Å². The highest BCUT2D eigenvalue weighted by Gasteiger charge is 2.11. The number of carbonyl (C=O) groups excluding carboxylic acids is 1. The molecule has 0 bridgehead atoms. The summed E-state index contributed by atoms with van der Waals surface area (Å²) < 4.78 is 24.2. The Hall–Kier alpha value is -2.52. The highest BCUT2D eigenvalue weighted by Crippen LogP contribution is 2.24. The van der Waals surface area contributed by atoms with Crippen LogP contribution in [0.15, 0.2) is 58.2 Å². The molecule has 9 heteroatoms. The molecule has 0 atom stereocenters. The first kappa shape index (κ1) is 21.2. The van der Waals surface area contributed by atoms with Gasteiger partial charge in [0.25, 0.3) is 5.22 Å². The second-order valence-corrected chi connectivity index (χ2v) is 7.92. The van der Waals surface area contributed by atoms with Crippen molar-refractivity contribution in [1.82, 2.24) is 15.5 Å². The summed E-state index contributed by atoms with van der Waals surface area (Å²) in [6, 6.07) is 14.0. The lowest BCUT2D eigenvalue weighted by atomic mass is 10.2. The molecule has 3 aromatic rings. The first-order valence-corrected chi connectivity index (χ1v) is 11.0. The van der Waals surface area contributed by atoms with Gasteiger partial charge in [-0.05, 0) is 35.9 Å². The number of hydrogen-bond donors (Lipinski definition) is 1. The standard InChI is InChI=1S/C20H20FN3O3S2/c1-26-16-8-6-14(7-9-16)19-23-24-20(27-19)29-13-18(25)22-10-11-28-12-15-4-2-3-5-17(15)21/h2-9H,10-13H2,1H3,(H,22,25). The fourth-order valence-corrected chi connectivity index (χ4v) is 3.79. The zero-order chi connectivity index (χ0) is 20.5. The number of ether oxygens (including phenoxy) is 1. The van der Waals surface area contributed by atoms with E-state index in [4.69, 9.17) is 9.15 Å². The summed E-state index contributed by atoms with van der Waals surface area (Å²) in [5.74, 6) is 2.27. The summed E-state index contributed by atoms with van der Waals surface area (Å²) in [7, 11) is 1.60. The number of thioether (sulfide) groups is 2. The summed E-state index contributed by atoms with van der Waals surface area (Å²) >= 11 is 2.75. The number of nitrogens with one attached hydrogen (secondary N) is 1. The highest BCUT2D eigenvalue weighted by atomic mass is 32.2. The van der Waals surface area contributed by atoms with Crippen LogP contribution >= 0.6 is 23.5 Å². The maximum atomic E-state index is 13.5. The van der Waals surface area contributed by atoms with Crippen LogP contribution in [0.4, 0.5) is 4.39 Å². The van der Waals surface area contributed by atoms with Crippen LogP contribution in [-0.4, -0.2) is 41.3 Å². The fourth-order valence-electron chi connectivity index (χ4n) is 2.36. The zero-order valence-corrected chi connectivity index (χ0v) is 17.4. The summed E-state index contributed by atoms with van der Waals surface area (Å²) in [6.07, 6.45) is 0. The molecule has 0 spiro atoms. The van der Waals surface area contributed by atoms with Gasteiger partial charge in [0.15, 0.2) is 0 Å². The van der Waals surface area contributed by atoms with Crippen LogP contribution in [0, 0.1) is 5.82 Å². The topological polar surface area (TPSA) is 77.2 Å². The van der Waals surface area contributed by atoms with Crippen molar-refractivity contribution < 1.29 is 18.3 Å². The summed E-state index contributed by atoms with van der Waals surface area (Å²) in [4.78, 5) is 11.9. The van der Waals surface area contributed by atoms with Crippen molar-refractivity contribution in [2.24, 2.45) is 0 Å². The van der Waals surface area contributed by atoms with Gasteiger partial charge in [-0.2, -0.15) is 11.8 Å². The van der Waals surface area contributed by atoms with Gasteiger partial charge in [0.05, 0.1) is 12.9 Å². The van der Waals surface area contributed by atoms with E-state index in [2.05, 4.69) is 15.5 Å².